The number of halogens is 2. The van der Waals surface area contributed by atoms with Gasteiger partial charge in [-0.1, -0.05) is 6.07 Å². The highest BCUT2D eigenvalue weighted by molar-refractivity contribution is 5.84. The summed E-state index contributed by atoms with van der Waals surface area (Å²) < 4.78 is 25.8. The van der Waals surface area contributed by atoms with Crippen molar-refractivity contribution in [2.75, 3.05) is 0 Å². The van der Waals surface area contributed by atoms with Gasteiger partial charge in [-0.05, 0) is 35.9 Å². The lowest BCUT2D eigenvalue weighted by Crippen LogP contribution is -1.99. The first kappa shape index (κ1) is 12.3. The number of aromatic amines is 2. The molecule has 0 unspecified atom stereocenters. The molecule has 6 heteroatoms. The van der Waals surface area contributed by atoms with Crippen molar-refractivity contribution in [3.63, 3.8) is 0 Å². The minimum absolute atomic E-state index is 0.290. The van der Waals surface area contributed by atoms with Gasteiger partial charge < -0.3 is 9.97 Å². The molecule has 1 heterocycles. The van der Waals surface area contributed by atoms with Gasteiger partial charge in [-0.25, -0.2) is 13.6 Å². The fraction of sp³-hybridized carbons (Fsp3) is 0. The van der Waals surface area contributed by atoms with Gasteiger partial charge >= 0.3 is 5.69 Å². The highest BCUT2D eigenvalue weighted by Crippen LogP contribution is 2.17. The second-order valence-corrected chi connectivity index (χ2v) is 4.24. The molecule has 0 saturated heterocycles. The van der Waals surface area contributed by atoms with Gasteiger partial charge in [0.1, 0.15) is 0 Å². The van der Waals surface area contributed by atoms with Gasteiger partial charge in [0.05, 0.1) is 16.7 Å². The molecule has 0 bridgehead atoms. The molecule has 3 aromatic rings. The third-order valence-electron chi connectivity index (χ3n) is 2.81. The highest BCUT2D eigenvalue weighted by atomic mass is 19.2. The molecule has 0 saturated carbocycles. The summed E-state index contributed by atoms with van der Waals surface area (Å²) in [6.45, 7) is 0. The molecule has 2 aromatic carbocycles. The van der Waals surface area contributed by atoms with E-state index in [0.717, 1.165) is 12.1 Å². The van der Waals surface area contributed by atoms with Crippen LogP contribution in [0, 0.1) is 11.6 Å². The molecule has 4 nitrogen and oxygen atoms in total. The van der Waals surface area contributed by atoms with Crippen molar-refractivity contribution < 1.29 is 8.78 Å². The smallest absolute Gasteiger partial charge is 0.306 e. The van der Waals surface area contributed by atoms with Crippen molar-refractivity contribution in [1.29, 1.82) is 0 Å². The van der Waals surface area contributed by atoms with Crippen molar-refractivity contribution in [3.8, 4) is 0 Å². The molecule has 0 fully saturated rings. The number of hydrogen-bond donors (Lipinski definition) is 2. The van der Waals surface area contributed by atoms with E-state index in [-0.39, 0.29) is 5.69 Å². The molecule has 0 atom stereocenters. The highest BCUT2D eigenvalue weighted by Gasteiger charge is 2.01. The van der Waals surface area contributed by atoms with E-state index >= 15 is 0 Å². The van der Waals surface area contributed by atoms with E-state index < -0.39 is 11.6 Å². The van der Waals surface area contributed by atoms with Crippen LogP contribution in [0.1, 0.15) is 5.56 Å². The Morgan fingerprint density at radius 1 is 0.950 bits per heavy atom. The van der Waals surface area contributed by atoms with Gasteiger partial charge in [-0.15, -0.1) is 0 Å². The predicted molar refractivity (Wildman–Crippen MR) is 72.5 cm³/mol. The Bertz CT molecular complexity index is 864. The van der Waals surface area contributed by atoms with Gasteiger partial charge in [0.15, 0.2) is 11.6 Å². The molecule has 1 aromatic heterocycles. The number of fused-ring (bicyclic) bond motifs is 1. The Morgan fingerprint density at radius 2 is 1.75 bits per heavy atom. The van der Waals surface area contributed by atoms with Crippen LogP contribution in [-0.2, 0) is 0 Å². The van der Waals surface area contributed by atoms with Gasteiger partial charge in [-0.2, -0.15) is 0 Å². The summed E-state index contributed by atoms with van der Waals surface area (Å²) in [5.74, 6) is -1.81. The van der Waals surface area contributed by atoms with Crippen LogP contribution in [0.5, 0.6) is 0 Å². The third kappa shape index (κ3) is 2.35. The number of rotatable bonds is 2. The number of H-pyrrole nitrogens is 2. The monoisotopic (exact) mass is 273 g/mol. The number of aromatic nitrogens is 2. The van der Waals surface area contributed by atoms with Crippen molar-refractivity contribution in [2.24, 2.45) is 4.99 Å². The van der Waals surface area contributed by atoms with Gasteiger partial charge in [0, 0.05) is 6.21 Å². The fourth-order valence-electron chi connectivity index (χ4n) is 1.84. The second kappa shape index (κ2) is 4.73. The molecular weight excluding hydrogens is 264 g/mol. The van der Waals surface area contributed by atoms with Crippen molar-refractivity contribution >= 4 is 22.9 Å². The molecule has 20 heavy (non-hydrogen) atoms. The predicted octanol–water partition coefficient (Wildman–Crippen LogP) is 2.89. The molecule has 0 radical (unpaired) electrons. The molecule has 100 valence electrons. The van der Waals surface area contributed by atoms with E-state index in [2.05, 4.69) is 15.0 Å². The van der Waals surface area contributed by atoms with Crippen molar-refractivity contribution in [1.82, 2.24) is 9.97 Å². The average Bonchev–Trinajstić information content (AvgIpc) is 2.79. The number of imidazole rings is 1. The van der Waals surface area contributed by atoms with E-state index in [0.29, 0.717) is 22.3 Å². The normalized spacial score (nSPS) is 11.5. The van der Waals surface area contributed by atoms with Crippen LogP contribution in [0.15, 0.2) is 46.2 Å². The SMILES string of the molecule is O=c1[nH]c2ccc(N=Cc3ccc(F)c(F)c3)cc2[nH]1. The molecule has 0 spiro atoms. The quantitative estimate of drug-likeness (QED) is 0.693. The van der Waals surface area contributed by atoms with E-state index in [1.165, 1.54) is 12.3 Å². The van der Waals surface area contributed by atoms with Gasteiger partial charge in [0.25, 0.3) is 0 Å². The van der Waals surface area contributed by atoms with Crippen LogP contribution in [0.3, 0.4) is 0 Å². The van der Waals surface area contributed by atoms with Crippen LogP contribution in [-0.4, -0.2) is 16.2 Å². The minimum atomic E-state index is -0.917. The molecule has 0 aliphatic heterocycles. The number of benzene rings is 2. The molecule has 0 aliphatic rings. The van der Waals surface area contributed by atoms with E-state index in [4.69, 9.17) is 0 Å². The van der Waals surface area contributed by atoms with E-state index in [1.54, 1.807) is 18.2 Å². The Morgan fingerprint density at radius 3 is 2.55 bits per heavy atom. The van der Waals surface area contributed by atoms with Crippen LogP contribution < -0.4 is 5.69 Å². The summed E-state index contributed by atoms with van der Waals surface area (Å²) in [4.78, 5) is 20.5. The first-order valence-electron chi connectivity index (χ1n) is 5.83. The molecule has 0 amide bonds. The average molecular weight is 273 g/mol. The Balaban J connectivity index is 1.93. The largest absolute Gasteiger partial charge is 0.323 e. The van der Waals surface area contributed by atoms with Crippen LogP contribution >= 0.6 is 0 Å². The van der Waals surface area contributed by atoms with E-state index in [9.17, 15) is 13.6 Å². The summed E-state index contributed by atoms with van der Waals surface area (Å²) in [6, 6.07) is 8.65. The second-order valence-electron chi connectivity index (χ2n) is 4.24. The summed E-state index contributed by atoms with van der Waals surface area (Å²) in [7, 11) is 0. The topological polar surface area (TPSA) is 61.0 Å². The lowest BCUT2D eigenvalue weighted by atomic mass is 10.2. The van der Waals surface area contributed by atoms with Crippen LogP contribution in [0.4, 0.5) is 14.5 Å². The number of aliphatic imine (C=N–C) groups is 1. The number of nitrogens with zero attached hydrogens (tertiary/aromatic N) is 1. The Kier molecular flexibility index (Phi) is 2.90. The number of nitrogens with one attached hydrogen (secondary N) is 2. The Hall–Kier alpha value is -2.76. The van der Waals surface area contributed by atoms with E-state index in [1.807, 2.05) is 0 Å². The maximum atomic E-state index is 13.0. The summed E-state index contributed by atoms with van der Waals surface area (Å²) in [5.41, 5.74) is 2.07. The first-order valence-corrected chi connectivity index (χ1v) is 5.83. The summed E-state index contributed by atoms with van der Waals surface area (Å²) >= 11 is 0. The number of hydrogen-bond acceptors (Lipinski definition) is 2. The fourth-order valence-corrected chi connectivity index (χ4v) is 1.84. The first-order chi connectivity index (χ1) is 9.61. The zero-order valence-electron chi connectivity index (χ0n) is 10.2. The maximum Gasteiger partial charge on any atom is 0.323 e. The minimum Gasteiger partial charge on any atom is -0.306 e. The molecule has 3 rings (SSSR count). The van der Waals surface area contributed by atoms with Crippen molar-refractivity contribution in [2.45, 2.75) is 0 Å². The zero-order chi connectivity index (χ0) is 14.1. The molecule has 2 N–H and O–H groups in total. The summed E-state index contributed by atoms with van der Waals surface area (Å²) in [5, 5.41) is 0. The van der Waals surface area contributed by atoms with Crippen LogP contribution in [0.25, 0.3) is 11.0 Å². The third-order valence-corrected chi connectivity index (χ3v) is 2.81. The Labute approximate surface area is 111 Å². The lowest BCUT2D eigenvalue weighted by Gasteiger charge is -1.96. The molecule has 0 aliphatic carbocycles. The summed E-state index contributed by atoms with van der Waals surface area (Å²) in [6.07, 6.45) is 1.43. The van der Waals surface area contributed by atoms with Gasteiger partial charge in [-0.3, -0.25) is 4.99 Å². The lowest BCUT2D eigenvalue weighted by molar-refractivity contribution is 0.508. The standard InChI is InChI=1S/C14H9F2N3O/c15-10-3-1-8(5-11(10)16)7-17-9-2-4-12-13(6-9)19-14(20)18-12/h1-7H,(H2,18,19,20). The molecular formula is C14H9F2N3O. The maximum absolute atomic E-state index is 13.0. The van der Waals surface area contributed by atoms with Gasteiger partial charge in [0.2, 0.25) is 0 Å². The zero-order valence-corrected chi connectivity index (χ0v) is 10.2. The van der Waals surface area contributed by atoms with Crippen molar-refractivity contribution in [3.05, 3.63) is 64.1 Å². The van der Waals surface area contributed by atoms with Crippen LogP contribution in [0.2, 0.25) is 0 Å².